The van der Waals surface area contributed by atoms with Crippen LogP contribution in [0, 0.1) is 12.7 Å². The van der Waals surface area contributed by atoms with Crippen molar-refractivity contribution in [1.82, 2.24) is 20.4 Å². The lowest BCUT2D eigenvalue weighted by Gasteiger charge is -2.54. The van der Waals surface area contributed by atoms with Crippen LogP contribution in [0.3, 0.4) is 0 Å². The van der Waals surface area contributed by atoms with Crippen LogP contribution in [0.1, 0.15) is 38.4 Å². The normalized spacial score (nSPS) is 19.5. The summed E-state index contributed by atoms with van der Waals surface area (Å²) in [6.07, 6.45) is 2.64. The summed E-state index contributed by atoms with van der Waals surface area (Å²) in [5, 5.41) is 13.1. The van der Waals surface area contributed by atoms with Gasteiger partial charge in [0.05, 0.1) is 38.2 Å². The van der Waals surface area contributed by atoms with Gasteiger partial charge in [0.15, 0.2) is 5.82 Å². The van der Waals surface area contributed by atoms with Gasteiger partial charge in [-0.05, 0) is 52.2 Å². The number of allylic oxidation sites excluding steroid dienone is 2. The zero-order chi connectivity index (χ0) is 31.3. The first-order valence-corrected chi connectivity index (χ1v) is 13.7. The van der Waals surface area contributed by atoms with Gasteiger partial charge >= 0.3 is 6.09 Å². The van der Waals surface area contributed by atoms with Crippen molar-refractivity contribution in [2.45, 2.75) is 51.9 Å². The predicted molar refractivity (Wildman–Crippen MR) is 157 cm³/mol. The van der Waals surface area contributed by atoms with Crippen molar-refractivity contribution in [2.75, 3.05) is 53.6 Å². The molecule has 0 bridgehead atoms. The van der Waals surface area contributed by atoms with E-state index >= 15 is 0 Å². The first kappa shape index (κ1) is 34.6. The van der Waals surface area contributed by atoms with Crippen molar-refractivity contribution in [3.8, 4) is 5.88 Å². The van der Waals surface area contributed by atoms with Gasteiger partial charge in [-0.15, -0.1) is 5.10 Å². The number of alkyl halides is 1. The second-order valence-electron chi connectivity index (χ2n) is 9.69. The number of hydrogen-bond donors (Lipinski definition) is 2. The lowest BCUT2D eigenvalue weighted by atomic mass is 9.78. The van der Waals surface area contributed by atoms with Crippen molar-refractivity contribution in [1.29, 1.82) is 0 Å². The van der Waals surface area contributed by atoms with E-state index in [0.29, 0.717) is 22.8 Å². The summed E-state index contributed by atoms with van der Waals surface area (Å²) < 4.78 is 50.1. The van der Waals surface area contributed by atoms with Gasteiger partial charge in [0.1, 0.15) is 23.7 Å². The Hall–Kier alpha value is -3.61. The molecule has 2 aromatic rings. The average molecular weight is 592 g/mol. The topological polar surface area (TPSA) is 107 Å². The van der Waals surface area contributed by atoms with Gasteiger partial charge < -0.3 is 29.6 Å². The summed E-state index contributed by atoms with van der Waals surface area (Å²) >= 11 is 0. The number of fused-ring (bicyclic) bond motifs is 2. The highest BCUT2D eigenvalue weighted by Gasteiger charge is 2.56. The van der Waals surface area contributed by atoms with Gasteiger partial charge in [-0.25, -0.2) is 13.6 Å². The van der Waals surface area contributed by atoms with Crippen LogP contribution in [-0.4, -0.2) is 80.7 Å². The van der Waals surface area contributed by atoms with Gasteiger partial charge in [0.2, 0.25) is 5.88 Å². The molecule has 232 valence electrons. The van der Waals surface area contributed by atoms with E-state index in [1.165, 1.54) is 25.0 Å². The van der Waals surface area contributed by atoms with E-state index in [4.69, 9.17) is 18.9 Å². The highest BCUT2D eigenvalue weighted by atomic mass is 19.1. The number of carbonyl (C=O) groups excluding carboxylic acids is 1. The third-order valence-corrected chi connectivity index (χ3v) is 6.31. The molecule has 2 aliphatic heterocycles. The van der Waals surface area contributed by atoms with Gasteiger partial charge in [-0.1, -0.05) is 26.0 Å². The molecule has 10 nitrogen and oxygen atoms in total. The monoisotopic (exact) mass is 591 g/mol. The molecule has 3 heterocycles. The van der Waals surface area contributed by atoms with Crippen molar-refractivity contribution in [3.05, 3.63) is 70.9 Å². The molecule has 1 aromatic carbocycles. The van der Waals surface area contributed by atoms with E-state index in [9.17, 15) is 13.6 Å². The van der Waals surface area contributed by atoms with Gasteiger partial charge in [0.25, 0.3) is 0 Å². The van der Waals surface area contributed by atoms with Crippen LogP contribution >= 0.6 is 0 Å². The van der Waals surface area contributed by atoms with Gasteiger partial charge in [-0.3, -0.25) is 4.90 Å². The fourth-order valence-corrected chi connectivity index (χ4v) is 4.24. The number of benzene rings is 1. The van der Waals surface area contributed by atoms with Crippen molar-refractivity contribution < 1.29 is 32.5 Å². The molecule has 1 amide bonds. The summed E-state index contributed by atoms with van der Waals surface area (Å²) in [6, 6.07) is 8.52. The Bertz CT molecular complexity index is 1220. The molecule has 1 aliphatic carbocycles. The summed E-state index contributed by atoms with van der Waals surface area (Å²) in [5.41, 5.74) is -0.309. The lowest BCUT2D eigenvalue weighted by molar-refractivity contribution is -0.123. The molecule has 42 heavy (non-hydrogen) atoms. The van der Waals surface area contributed by atoms with Crippen LogP contribution < -0.4 is 15.4 Å². The Morgan fingerprint density at radius 2 is 1.81 bits per heavy atom. The fraction of sp³-hybridized carbons (Fsp3) is 0.500. The number of amides is 1. The van der Waals surface area contributed by atoms with E-state index in [1.54, 1.807) is 37.5 Å². The Morgan fingerprint density at radius 3 is 2.36 bits per heavy atom. The maximum absolute atomic E-state index is 14.9. The van der Waals surface area contributed by atoms with Crippen molar-refractivity contribution in [3.63, 3.8) is 0 Å². The van der Waals surface area contributed by atoms with E-state index in [0.717, 1.165) is 5.69 Å². The molecule has 12 heteroatoms. The summed E-state index contributed by atoms with van der Waals surface area (Å²) in [6.45, 7) is 7.91. The quantitative estimate of drug-likeness (QED) is 0.441. The second kappa shape index (κ2) is 16.1. The Morgan fingerprint density at radius 1 is 1.12 bits per heavy atom. The molecule has 1 unspecified atom stereocenters. The highest BCUT2D eigenvalue weighted by molar-refractivity contribution is 5.76. The number of nitrogens with one attached hydrogen (secondary N) is 2. The maximum Gasteiger partial charge on any atom is 0.416 e. The number of aromatic nitrogens is 2. The first-order chi connectivity index (χ1) is 20.1. The predicted octanol–water partition coefficient (Wildman–Crippen LogP) is 5.16. The number of ether oxygens (including phenoxy) is 4. The summed E-state index contributed by atoms with van der Waals surface area (Å²) in [5.74, 6) is 0.452. The van der Waals surface area contributed by atoms with Crippen LogP contribution in [0.15, 0.2) is 53.8 Å². The Balaban J connectivity index is 0.000000367. The van der Waals surface area contributed by atoms with E-state index in [1.807, 2.05) is 40.9 Å². The maximum atomic E-state index is 14.9. The fourth-order valence-electron chi connectivity index (χ4n) is 4.24. The molecule has 2 fully saturated rings. The number of nitrogens with zero attached hydrogens (tertiary/aromatic N) is 3. The third-order valence-electron chi connectivity index (χ3n) is 6.31. The zero-order valence-corrected chi connectivity index (χ0v) is 25.7. The van der Waals surface area contributed by atoms with Crippen LogP contribution in [0.25, 0.3) is 0 Å². The second-order valence-corrected chi connectivity index (χ2v) is 9.69. The van der Waals surface area contributed by atoms with Crippen LogP contribution in [0.4, 0.5) is 19.3 Å². The standard InChI is InChI=1S/C20H22F2N2O4.C6H8N2O.C2H7N.C2H6/c1-19(22)7-6-16-14(8-19)20(10-27-11-20)24(18(25)28-16)9-13-4-3-5-15(17(13)21)23-12-26-2;1-5-3-4-6(9-2)8-7-5;1-3-2;1-2/h3-6,8,23H,7,9-12H2,1-2H3;3-4H,1-2H3;3H,1-2H3;1-2H3. The summed E-state index contributed by atoms with van der Waals surface area (Å²) in [4.78, 5) is 14.1. The molecule has 1 spiro atoms. The molecule has 5 rings (SSSR count). The average Bonchev–Trinajstić information content (AvgIpc) is 2.95. The number of methoxy groups -OCH3 is 2. The molecule has 0 saturated carbocycles. The third kappa shape index (κ3) is 8.46. The molecule has 2 N–H and O–H groups in total. The SMILES string of the molecule is CC.CNC.COCNc1cccc(CN2C(=O)OC3=CCC(C)(F)C=C3C23COC3)c1F.COc1ccc(C)nn1. The van der Waals surface area contributed by atoms with Crippen LogP contribution in [0.2, 0.25) is 0 Å². The molecule has 1 aromatic heterocycles. The number of rotatable bonds is 6. The Labute approximate surface area is 247 Å². The van der Waals surface area contributed by atoms with E-state index in [-0.39, 0.29) is 38.6 Å². The minimum Gasteiger partial charge on any atom is -0.480 e. The molecule has 3 aliphatic rings. The molecular weight excluding hydrogens is 548 g/mol. The van der Waals surface area contributed by atoms with Crippen molar-refractivity contribution in [2.24, 2.45) is 0 Å². The minimum atomic E-state index is -1.54. The lowest BCUT2D eigenvalue weighted by Crippen LogP contribution is -2.67. The minimum absolute atomic E-state index is 0.0237. The van der Waals surface area contributed by atoms with Crippen molar-refractivity contribution >= 4 is 11.8 Å². The Kier molecular flexibility index (Phi) is 13.3. The molecular formula is C30H43F2N5O5. The molecule has 2 saturated heterocycles. The molecule has 0 radical (unpaired) electrons. The number of anilines is 1. The van der Waals surface area contributed by atoms with E-state index < -0.39 is 23.1 Å². The largest absolute Gasteiger partial charge is 0.480 e. The smallest absolute Gasteiger partial charge is 0.416 e. The number of halogens is 2. The number of carbonyl (C=O) groups is 1. The van der Waals surface area contributed by atoms with E-state index in [2.05, 4.69) is 20.8 Å². The van der Waals surface area contributed by atoms with Gasteiger partial charge in [-0.2, -0.15) is 5.10 Å². The van der Waals surface area contributed by atoms with Gasteiger partial charge in [0, 0.05) is 30.7 Å². The van der Waals surface area contributed by atoms with Crippen LogP contribution in [0.5, 0.6) is 5.88 Å². The van der Waals surface area contributed by atoms with Crippen LogP contribution in [-0.2, 0) is 20.8 Å². The highest BCUT2D eigenvalue weighted by Crippen LogP contribution is 2.46. The zero-order valence-electron chi connectivity index (χ0n) is 25.7. The summed E-state index contributed by atoms with van der Waals surface area (Å²) in [7, 11) is 6.82. The molecule has 1 atom stereocenters. The number of hydrogen-bond acceptors (Lipinski definition) is 9. The first-order valence-electron chi connectivity index (χ1n) is 13.7. The number of aryl methyl sites for hydroxylation is 1.